The number of ketones is 2. The van der Waals surface area contributed by atoms with Gasteiger partial charge in [-0.1, -0.05) is 12.1 Å². The second kappa shape index (κ2) is 5.18. The molecule has 1 aliphatic carbocycles. The molecular weight excluding hydrogens is 284 g/mol. The summed E-state index contributed by atoms with van der Waals surface area (Å²) in [6.45, 7) is 0. The van der Waals surface area contributed by atoms with Gasteiger partial charge < -0.3 is 14.2 Å². The summed E-state index contributed by atoms with van der Waals surface area (Å²) >= 11 is 0. The molecule has 0 aromatic heterocycles. The first-order chi connectivity index (χ1) is 10.6. The summed E-state index contributed by atoms with van der Waals surface area (Å²) in [5.41, 5.74) is 1.12. The molecule has 0 saturated heterocycles. The van der Waals surface area contributed by atoms with Gasteiger partial charge >= 0.3 is 0 Å². The van der Waals surface area contributed by atoms with Crippen LogP contribution in [0.1, 0.15) is 31.8 Å². The molecule has 0 fully saturated rings. The van der Waals surface area contributed by atoms with Crippen LogP contribution in [0, 0.1) is 0 Å². The smallest absolute Gasteiger partial charge is 0.201 e. The van der Waals surface area contributed by atoms with Gasteiger partial charge in [-0.2, -0.15) is 0 Å². The minimum atomic E-state index is -0.290. The van der Waals surface area contributed by atoms with Gasteiger partial charge in [-0.3, -0.25) is 9.59 Å². The summed E-state index contributed by atoms with van der Waals surface area (Å²) < 4.78 is 15.7. The first-order valence-electron chi connectivity index (χ1n) is 6.64. The molecule has 5 heteroatoms. The van der Waals surface area contributed by atoms with Crippen LogP contribution in [-0.4, -0.2) is 32.9 Å². The number of hydrogen-bond donors (Lipinski definition) is 0. The largest absolute Gasteiger partial charge is 0.497 e. The lowest BCUT2D eigenvalue weighted by molar-refractivity contribution is 0.0973. The molecule has 0 heterocycles. The van der Waals surface area contributed by atoms with Crippen molar-refractivity contribution in [3.63, 3.8) is 0 Å². The summed E-state index contributed by atoms with van der Waals surface area (Å²) in [5.74, 6) is 0.606. The van der Waals surface area contributed by atoms with Crippen molar-refractivity contribution in [3.05, 3.63) is 52.6 Å². The molecule has 0 saturated carbocycles. The van der Waals surface area contributed by atoms with E-state index in [4.69, 9.17) is 14.2 Å². The Bertz CT molecular complexity index is 792. The van der Waals surface area contributed by atoms with E-state index in [-0.39, 0.29) is 28.3 Å². The third-order valence-electron chi connectivity index (χ3n) is 3.72. The molecule has 3 rings (SSSR count). The number of hydrogen-bond acceptors (Lipinski definition) is 5. The van der Waals surface area contributed by atoms with Crippen LogP contribution in [0.5, 0.6) is 17.2 Å². The van der Waals surface area contributed by atoms with Gasteiger partial charge in [-0.05, 0) is 12.1 Å². The van der Waals surface area contributed by atoms with Gasteiger partial charge in [0.1, 0.15) is 17.2 Å². The highest BCUT2D eigenvalue weighted by Crippen LogP contribution is 2.39. The lowest BCUT2D eigenvalue weighted by Crippen LogP contribution is -2.22. The zero-order valence-electron chi connectivity index (χ0n) is 12.4. The highest BCUT2D eigenvalue weighted by molar-refractivity contribution is 6.30. The number of rotatable bonds is 3. The third-order valence-corrected chi connectivity index (χ3v) is 3.72. The van der Waals surface area contributed by atoms with Crippen LogP contribution in [0.15, 0.2) is 30.3 Å². The van der Waals surface area contributed by atoms with Gasteiger partial charge in [0.05, 0.1) is 32.5 Å². The maximum atomic E-state index is 12.9. The van der Waals surface area contributed by atoms with Crippen molar-refractivity contribution in [3.8, 4) is 17.2 Å². The molecule has 1 aliphatic rings. The highest BCUT2D eigenvalue weighted by Gasteiger charge is 2.35. The van der Waals surface area contributed by atoms with Crippen molar-refractivity contribution in [2.24, 2.45) is 0 Å². The van der Waals surface area contributed by atoms with E-state index in [2.05, 4.69) is 0 Å². The van der Waals surface area contributed by atoms with E-state index in [9.17, 15) is 9.59 Å². The molecule has 112 valence electrons. The van der Waals surface area contributed by atoms with Crippen molar-refractivity contribution in [1.82, 2.24) is 0 Å². The summed E-state index contributed by atoms with van der Waals surface area (Å²) in [5, 5.41) is 0. The Labute approximate surface area is 127 Å². The molecule has 0 amide bonds. The van der Waals surface area contributed by atoms with E-state index in [1.807, 2.05) is 0 Å². The summed E-state index contributed by atoms with van der Waals surface area (Å²) in [4.78, 5) is 25.6. The predicted molar refractivity (Wildman–Crippen MR) is 79.4 cm³/mol. The molecule has 0 radical (unpaired) electrons. The fraction of sp³-hybridized carbons (Fsp3) is 0.176. The normalized spacial score (nSPS) is 12.5. The Hall–Kier alpha value is -2.82. The number of methoxy groups -OCH3 is 3. The number of fused-ring (bicyclic) bond motifs is 2. The van der Waals surface area contributed by atoms with Crippen LogP contribution >= 0.6 is 0 Å². The highest BCUT2D eigenvalue weighted by atomic mass is 16.5. The van der Waals surface area contributed by atoms with Crippen LogP contribution in [0.3, 0.4) is 0 Å². The van der Waals surface area contributed by atoms with Crippen LogP contribution in [0.2, 0.25) is 0 Å². The van der Waals surface area contributed by atoms with Crippen molar-refractivity contribution < 1.29 is 23.8 Å². The van der Waals surface area contributed by atoms with E-state index in [1.165, 1.54) is 21.3 Å². The van der Waals surface area contributed by atoms with Gasteiger partial charge in [-0.25, -0.2) is 0 Å². The lowest BCUT2D eigenvalue weighted by Gasteiger charge is -2.21. The number of benzene rings is 2. The molecule has 5 nitrogen and oxygen atoms in total. The first-order valence-corrected chi connectivity index (χ1v) is 6.64. The Morgan fingerprint density at radius 2 is 1.41 bits per heavy atom. The van der Waals surface area contributed by atoms with Crippen molar-refractivity contribution in [2.75, 3.05) is 21.3 Å². The number of ether oxygens (including phenoxy) is 3. The minimum absolute atomic E-state index is 0.241. The molecule has 0 atom stereocenters. The molecule has 2 aromatic carbocycles. The molecule has 2 aromatic rings. The van der Waals surface area contributed by atoms with Crippen LogP contribution in [-0.2, 0) is 0 Å². The second-order valence-corrected chi connectivity index (χ2v) is 4.79. The summed E-state index contributed by atoms with van der Waals surface area (Å²) in [6, 6.07) is 8.11. The van der Waals surface area contributed by atoms with Crippen LogP contribution in [0.4, 0.5) is 0 Å². The Morgan fingerprint density at radius 3 is 2.05 bits per heavy atom. The summed E-state index contributed by atoms with van der Waals surface area (Å²) in [6.07, 6.45) is 0. The monoisotopic (exact) mass is 298 g/mol. The molecule has 0 N–H and O–H groups in total. The van der Waals surface area contributed by atoms with Crippen molar-refractivity contribution in [1.29, 1.82) is 0 Å². The maximum Gasteiger partial charge on any atom is 0.201 e. The van der Waals surface area contributed by atoms with E-state index in [0.29, 0.717) is 22.8 Å². The molecular formula is C17H14O5. The number of carbonyl (C=O) groups is 2. The second-order valence-electron chi connectivity index (χ2n) is 4.79. The van der Waals surface area contributed by atoms with E-state index in [0.717, 1.165) is 0 Å². The van der Waals surface area contributed by atoms with Crippen LogP contribution < -0.4 is 14.2 Å². The maximum absolute atomic E-state index is 12.9. The fourth-order valence-corrected chi connectivity index (χ4v) is 2.68. The van der Waals surface area contributed by atoms with Gasteiger partial charge in [0.15, 0.2) is 5.78 Å². The fourth-order valence-electron chi connectivity index (χ4n) is 2.68. The molecule has 0 bridgehead atoms. The quantitative estimate of drug-likeness (QED) is 0.743. The van der Waals surface area contributed by atoms with E-state index < -0.39 is 0 Å². The standard InChI is InChI=1S/C17H14O5/c1-20-9-7-11-15(13(8-9)22-3)17(19)14-10(16(11)18)5-4-6-12(14)21-2/h4-8H,1-3H3. The lowest BCUT2D eigenvalue weighted by atomic mass is 9.83. The molecule has 0 unspecified atom stereocenters. The third kappa shape index (κ3) is 1.86. The topological polar surface area (TPSA) is 61.8 Å². The Morgan fingerprint density at radius 1 is 0.727 bits per heavy atom. The van der Waals surface area contributed by atoms with Gasteiger partial charge in [0.2, 0.25) is 5.78 Å². The first kappa shape index (κ1) is 14.1. The minimum Gasteiger partial charge on any atom is -0.497 e. The van der Waals surface area contributed by atoms with Gasteiger partial charge in [0, 0.05) is 17.2 Å². The average molecular weight is 298 g/mol. The van der Waals surface area contributed by atoms with Crippen molar-refractivity contribution in [2.45, 2.75) is 0 Å². The summed E-state index contributed by atoms with van der Waals surface area (Å²) in [7, 11) is 4.41. The van der Waals surface area contributed by atoms with E-state index in [1.54, 1.807) is 30.3 Å². The average Bonchev–Trinajstić information content (AvgIpc) is 2.57. The molecule has 0 spiro atoms. The number of carbonyl (C=O) groups excluding carboxylic acids is 2. The predicted octanol–water partition coefficient (Wildman–Crippen LogP) is 2.49. The zero-order chi connectivity index (χ0) is 15.9. The van der Waals surface area contributed by atoms with E-state index >= 15 is 0 Å². The van der Waals surface area contributed by atoms with Gasteiger partial charge in [0.25, 0.3) is 0 Å². The van der Waals surface area contributed by atoms with Crippen molar-refractivity contribution >= 4 is 11.6 Å². The van der Waals surface area contributed by atoms with Gasteiger partial charge in [-0.15, -0.1) is 0 Å². The zero-order valence-corrected chi connectivity index (χ0v) is 12.4. The molecule has 0 aliphatic heterocycles. The van der Waals surface area contributed by atoms with Crippen LogP contribution in [0.25, 0.3) is 0 Å². The Balaban J connectivity index is 2.33. The Kier molecular flexibility index (Phi) is 3.33. The SMILES string of the molecule is COc1cc(OC)c2c(c1)C(=O)c1cccc(OC)c1C2=O. The molecule has 22 heavy (non-hydrogen) atoms.